The van der Waals surface area contributed by atoms with Crippen molar-refractivity contribution in [3.8, 4) is 10.6 Å². The third-order valence-corrected chi connectivity index (χ3v) is 5.65. The first-order chi connectivity index (χ1) is 14.2. The van der Waals surface area contributed by atoms with Crippen molar-refractivity contribution in [3.63, 3.8) is 0 Å². The van der Waals surface area contributed by atoms with Gasteiger partial charge < -0.3 is 16.0 Å². The summed E-state index contributed by atoms with van der Waals surface area (Å²) < 4.78 is 39.5. The van der Waals surface area contributed by atoms with Crippen molar-refractivity contribution < 1.29 is 13.2 Å². The molecule has 1 atom stereocenters. The minimum atomic E-state index is -4.38. The van der Waals surface area contributed by atoms with E-state index in [-0.39, 0.29) is 12.2 Å². The van der Waals surface area contributed by atoms with Gasteiger partial charge in [0.1, 0.15) is 5.01 Å². The number of halogens is 3. The molecule has 0 saturated carbocycles. The molecule has 0 aliphatic heterocycles. The lowest BCUT2D eigenvalue weighted by atomic mass is 10.1. The van der Waals surface area contributed by atoms with Crippen molar-refractivity contribution in [2.24, 2.45) is 12.8 Å². The van der Waals surface area contributed by atoms with Crippen molar-refractivity contribution in [3.05, 3.63) is 64.1 Å². The quantitative estimate of drug-likeness (QED) is 0.446. The zero-order valence-electron chi connectivity index (χ0n) is 15.7. The maximum Gasteiger partial charge on any atom is 0.416 e. The van der Waals surface area contributed by atoms with Gasteiger partial charge in [-0.3, -0.25) is 4.57 Å². The van der Waals surface area contributed by atoms with E-state index in [1.165, 1.54) is 28.0 Å². The molecule has 0 radical (unpaired) electrons. The number of nitrogens with one attached hydrogen (secondary N) is 2. The van der Waals surface area contributed by atoms with Crippen molar-refractivity contribution in [1.82, 2.24) is 19.7 Å². The molecule has 2 heterocycles. The zero-order chi connectivity index (χ0) is 21.5. The fraction of sp³-hybridized carbons (Fsp3) is 0.211. The van der Waals surface area contributed by atoms with Gasteiger partial charge in [0.2, 0.25) is 5.13 Å². The van der Waals surface area contributed by atoms with Crippen molar-refractivity contribution >= 4 is 27.5 Å². The molecule has 1 unspecified atom stereocenters. The Bertz CT molecular complexity index is 1240. The number of alkyl halides is 3. The summed E-state index contributed by atoms with van der Waals surface area (Å²) in [6, 6.07) is 9.77. The van der Waals surface area contributed by atoms with Crippen LogP contribution in [-0.4, -0.2) is 26.3 Å². The molecule has 4 rings (SSSR count). The lowest BCUT2D eigenvalue weighted by molar-refractivity contribution is -0.137. The number of H-pyrrole nitrogens is 1. The van der Waals surface area contributed by atoms with Gasteiger partial charge in [-0.15, -0.1) is 10.2 Å². The second-order valence-corrected chi connectivity index (χ2v) is 7.72. The minimum Gasteiger partial charge on any atom is -0.358 e. The van der Waals surface area contributed by atoms with Crippen LogP contribution in [0.2, 0.25) is 0 Å². The van der Waals surface area contributed by atoms with Gasteiger partial charge in [-0.1, -0.05) is 23.5 Å². The molecule has 4 aromatic rings. The average Bonchev–Trinajstić information content (AvgIpc) is 3.30. The highest BCUT2D eigenvalue weighted by molar-refractivity contribution is 7.18. The SMILES string of the molecule is Cn1c(=O)[nH]c2ccc(-c3nnc(NCC(N)c4ccc(C(F)(F)F)cc4)s3)cc21. The monoisotopic (exact) mass is 434 g/mol. The lowest BCUT2D eigenvalue weighted by Crippen LogP contribution is -2.20. The fourth-order valence-electron chi connectivity index (χ4n) is 3.00. The molecule has 156 valence electrons. The molecule has 11 heteroatoms. The van der Waals surface area contributed by atoms with E-state index in [0.29, 0.717) is 15.7 Å². The zero-order valence-corrected chi connectivity index (χ0v) is 16.5. The first-order valence-corrected chi connectivity index (χ1v) is 9.73. The summed E-state index contributed by atoms with van der Waals surface area (Å²) in [4.78, 5) is 14.5. The molecule has 0 aliphatic rings. The summed E-state index contributed by atoms with van der Waals surface area (Å²) >= 11 is 1.31. The topological polar surface area (TPSA) is 102 Å². The number of fused-ring (bicyclic) bond motifs is 1. The van der Waals surface area contributed by atoms with Gasteiger partial charge in [-0.25, -0.2) is 4.79 Å². The predicted molar refractivity (Wildman–Crippen MR) is 109 cm³/mol. The van der Waals surface area contributed by atoms with Crippen LogP contribution < -0.4 is 16.7 Å². The Morgan fingerprint density at radius 3 is 2.63 bits per heavy atom. The molecule has 0 bridgehead atoms. The summed E-state index contributed by atoms with van der Waals surface area (Å²) in [6.07, 6.45) is -4.38. The van der Waals surface area contributed by atoms with Gasteiger partial charge >= 0.3 is 11.9 Å². The van der Waals surface area contributed by atoms with Gasteiger partial charge in [0.15, 0.2) is 0 Å². The second-order valence-electron chi connectivity index (χ2n) is 6.74. The number of aromatic nitrogens is 4. The molecule has 0 amide bonds. The van der Waals surface area contributed by atoms with Gasteiger partial charge in [0, 0.05) is 25.2 Å². The standard InChI is InChI=1S/C19H17F3N6OS/c1-28-15-8-11(4-7-14(15)25-18(28)29)16-26-27-17(30-16)24-9-13(23)10-2-5-12(6-3-10)19(20,21)22/h2-8,13H,9,23H2,1H3,(H,24,27)(H,25,29). The normalized spacial score (nSPS) is 13.0. The molecule has 2 aromatic carbocycles. The first kappa shape index (κ1) is 20.1. The van der Waals surface area contributed by atoms with E-state index in [1.54, 1.807) is 13.1 Å². The predicted octanol–water partition coefficient (Wildman–Crippen LogP) is 3.52. The summed E-state index contributed by atoms with van der Waals surface area (Å²) in [5.41, 5.74) is 8.06. The Balaban J connectivity index is 1.45. The molecule has 0 aliphatic carbocycles. The number of hydrogen-bond donors (Lipinski definition) is 3. The Labute approximate surface area is 172 Å². The number of aromatic amines is 1. The largest absolute Gasteiger partial charge is 0.416 e. The molecule has 4 N–H and O–H groups in total. The Morgan fingerprint density at radius 2 is 1.93 bits per heavy atom. The van der Waals surface area contributed by atoms with E-state index < -0.39 is 17.8 Å². The number of nitrogens with zero attached hydrogens (tertiary/aromatic N) is 3. The summed E-state index contributed by atoms with van der Waals surface area (Å²) in [5, 5.41) is 12.5. The second kappa shape index (κ2) is 7.58. The van der Waals surface area contributed by atoms with Crippen molar-refractivity contribution in [2.45, 2.75) is 12.2 Å². The molecule has 2 aromatic heterocycles. The van der Waals surface area contributed by atoms with Crippen LogP contribution in [0, 0.1) is 0 Å². The number of hydrogen-bond acceptors (Lipinski definition) is 6. The van der Waals surface area contributed by atoms with Crippen molar-refractivity contribution in [2.75, 3.05) is 11.9 Å². The van der Waals surface area contributed by atoms with Crippen LogP contribution in [0.25, 0.3) is 21.6 Å². The van der Waals surface area contributed by atoms with Crippen LogP contribution in [0.3, 0.4) is 0 Å². The Morgan fingerprint density at radius 1 is 1.20 bits per heavy atom. The minimum absolute atomic E-state index is 0.195. The summed E-state index contributed by atoms with van der Waals surface area (Å²) in [5.74, 6) is 0. The molecule has 0 saturated heterocycles. The lowest BCUT2D eigenvalue weighted by Gasteiger charge is -2.13. The van der Waals surface area contributed by atoms with Crippen LogP contribution in [0.15, 0.2) is 47.3 Å². The van der Waals surface area contributed by atoms with Crippen LogP contribution in [0.4, 0.5) is 18.3 Å². The summed E-state index contributed by atoms with van der Waals surface area (Å²) in [7, 11) is 1.68. The van der Waals surface area contributed by atoms with Gasteiger partial charge in [0.25, 0.3) is 0 Å². The van der Waals surface area contributed by atoms with Gasteiger partial charge in [0.05, 0.1) is 16.6 Å². The van der Waals surface area contributed by atoms with E-state index in [9.17, 15) is 18.0 Å². The molecule has 0 fully saturated rings. The number of rotatable bonds is 5. The third-order valence-electron chi connectivity index (χ3n) is 4.72. The molecule has 7 nitrogen and oxygen atoms in total. The van der Waals surface area contributed by atoms with E-state index in [0.717, 1.165) is 28.7 Å². The fourth-order valence-corrected chi connectivity index (χ4v) is 3.75. The smallest absolute Gasteiger partial charge is 0.358 e. The van der Waals surface area contributed by atoms with E-state index in [4.69, 9.17) is 5.73 Å². The first-order valence-electron chi connectivity index (χ1n) is 8.91. The number of anilines is 1. The Kier molecular flexibility index (Phi) is 5.08. The third kappa shape index (κ3) is 3.94. The van der Waals surface area contributed by atoms with Crippen molar-refractivity contribution in [1.29, 1.82) is 0 Å². The number of nitrogens with two attached hydrogens (primary N) is 1. The van der Waals surface area contributed by atoms with Gasteiger partial charge in [-0.05, 0) is 35.9 Å². The maximum atomic E-state index is 12.7. The van der Waals surface area contributed by atoms with E-state index in [2.05, 4.69) is 20.5 Å². The molecule has 30 heavy (non-hydrogen) atoms. The molecular weight excluding hydrogens is 417 g/mol. The van der Waals surface area contributed by atoms with E-state index in [1.807, 2.05) is 12.1 Å². The van der Waals surface area contributed by atoms with Crippen LogP contribution in [-0.2, 0) is 13.2 Å². The van der Waals surface area contributed by atoms with Crippen LogP contribution in [0.1, 0.15) is 17.2 Å². The van der Waals surface area contributed by atoms with Gasteiger partial charge in [-0.2, -0.15) is 13.2 Å². The Hall–Kier alpha value is -3.18. The van der Waals surface area contributed by atoms with E-state index >= 15 is 0 Å². The average molecular weight is 434 g/mol. The summed E-state index contributed by atoms with van der Waals surface area (Å²) in [6.45, 7) is 0.283. The molecule has 0 spiro atoms. The highest BCUT2D eigenvalue weighted by Gasteiger charge is 2.30. The highest BCUT2D eigenvalue weighted by atomic mass is 32.1. The number of imidazole rings is 1. The number of aryl methyl sites for hydroxylation is 1. The maximum absolute atomic E-state index is 12.7. The van der Waals surface area contributed by atoms with Crippen LogP contribution in [0.5, 0.6) is 0 Å². The molecular formula is C19H17F3N6OS. The van der Waals surface area contributed by atoms with Crippen LogP contribution >= 0.6 is 11.3 Å². The number of benzene rings is 2. The highest BCUT2D eigenvalue weighted by Crippen LogP contribution is 2.30.